The van der Waals surface area contributed by atoms with Crippen molar-refractivity contribution in [3.63, 3.8) is 0 Å². The van der Waals surface area contributed by atoms with Crippen molar-refractivity contribution in [2.24, 2.45) is 7.05 Å². The van der Waals surface area contributed by atoms with Crippen LogP contribution in [-0.2, 0) is 12.5 Å². The van der Waals surface area contributed by atoms with Crippen LogP contribution in [0.3, 0.4) is 0 Å². The van der Waals surface area contributed by atoms with Gasteiger partial charge in [-0.1, -0.05) is 20.8 Å². The van der Waals surface area contributed by atoms with E-state index in [1.807, 2.05) is 11.6 Å². The first-order valence-electron chi connectivity index (χ1n) is 5.24. The molecule has 0 unspecified atom stereocenters. The number of imidazole rings is 1. The van der Waals surface area contributed by atoms with Crippen molar-refractivity contribution in [3.05, 3.63) is 11.5 Å². The van der Waals surface area contributed by atoms with E-state index in [1.54, 1.807) is 0 Å². The monoisotopic (exact) mass is 193 g/mol. The number of rotatable bonds is 1. The van der Waals surface area contributed by atoms with Gasteiger partial charge in [0.25, 0.3) is 0 Å². The maximum absolute atomic E-state index is 6.04. The Morgan fingerprint density at radius 2 is 1.93 bits per heavy atom. The molecule has 1 aromatic heterocycles. The van der Waals surface area contributed by atoms with Crippen LogP contribution in [-0.4, -0.2) is 9.55 Å². The van der Waals surface area contributed by atoms with Gasteiger partial charge in [0.05, 0.1) is 5.69 Å². The zero-order valence-electron chi connectivity index (χ0n) is 9.46. The highest BCUT2D eigenvalue weighted by Gasteiger charge is 2.32. The molecular weight excluding hydrogens is 174 g/mol. The van der Waals surface area contributed by atoms with Crippen LogP contribution in [0.2, 0.25) is 0 Å². The second-order valence-electron chi connectivity index (χ2n) is 5.29. The summed E-state index contributed by atoms with van der Waals surface area (Å²) >= 11 is 0. The van der Waals surface area contributed by atoms with Crippen LogP contribution in [0.1, 0.15) is 51.0 Å². The van der Waals surface area contributed by atoms with Crippen LogP contribution < -0.4 is 5.73 Å². The molecule has 1 aliphatic carbocycles. The molecule has 2 N–H and O–H groups in total. The van der Waals surface area contributed by atoms with E-state index in [-0.39, 0.29) is 5.41 Å². The van der Waals surface area contributed by atoms with Gasteiger partial charge in [-0.2, -0.15) is 0 Å². The minimum Gasteiger partial charge on any atom is -0.384 e. The molecule has 1 aliphatic rings. The summed E-state index contributed by atoms with van der Waals surface area (Å²) in [6.45, 7) is 6.52. The predicted molar refractivity (Wildman–Crippen MR) is 58.3 cm³/mol. The van der Waals surface area contributed by atoms with Crippen LogP contribution in [0.15, 0.2) is 0 Å². The number of nitrogen functional groups attached to an aromatic ring is 1. The van der Waals surface area contributed by atoms with E-state index in [4.69, 9.17) is 5.73 Å². The lowest BCUT2D eigenvalue weighted by Gasteiger charge is -2.17. The maximum Gasteiger partial charge on any atom is 0.126 e. The minimum atomic E-state index is 0.0794. The first-order valence-corrected chi connectivity index (χ1v) is 5.24. The normalized spacial score (nSPS) is 17.4. The molecule has 78 valence electrons. The van der Waals surface area contributed by atoms with Crippen LogP contribution in [0.4, 0.5) is 5.82 Å². The Labute approximate surface area is 85.3 Å². The highest BCUT2D eigenvalue weighted by molar-refractivity contribution is 5.43. The Morgan fingerprint density at radius 1 is 1.36 bits per heavy atom. The molecule has 1 saturated carbocycles. The fraction of sp³-hybridized carbons (Fsp3) is 0.727. The van der Waals surface area contributed by atoms with E-state index in [0.29, 0.717) is 5.92 Å². The van der Waals surface area contributed by atoms with Crippen molar-refractivity contribution >= 4 is 5.82 Å². The molecular formula is C11H19N3. The second-order valence-corrected chi connectivity index (χ2v) is 5.29. The highest BCUT2D eigenvalue weighted by atomic mass is 15.1. The quantitative estimate of drug-likeness (QED) is 0.743. The minimum absolute atomic E-state index is 0.0794. The molecule has 3 heteroatoms. The predicted octanol–water partition coefficient (Wildman–Crippen LogP) is 2.18. The smallest absolute Gasteiger partial charge is 0.126 e. The topological polar surface area (TPSA) is 43.8 Å². The summed E-state index contributed by atoms with van der Waals surface area (Å²) in [4.78, 5) is 4.68. The third-order valence-corrected chi connectivity index (χ3v) is 2.80. The standard InChI is InChI=1S/C11H19N3/c1-11(2,3)10-13-8(7-5-6-7)9(12)14(10)4/h7H,5-6,12H2,1-4H3. The molecule has 0 spiro atoms. The van der Waals surface area contributed by atoms with Gasteiger partial charge in [-0.3, -0.25) is 0 Å². The molecule has 0 saturated heterocycles. The van der Waals surface area contributed by atoms with Crippen LogP contribution in [0.5, 0.6) is 0 Å². The van der Waals surface area contributed by atoms with Crippen molar-refractivity contribution in [3.8, 4) is 0 Å². The number of aromatic nitrogens is 2. The first kappa shape index (κ1) is 9.56. The fourth-order valence-electron chi connectivity index (χ4n) is 1.86. The van der Waals surface area contributed by atoms with Crippen molar-refractivity contribution in [2.45, 2.75) is 44.9 Å². The van der Waals surface area contributed by atoms with Gasteiger partial charge in [-0.25, -0.2) is 4.98 Å². The molecule has 3 nitrogen and oxygen atoms in total. The summed E-state index contributed by atoms with van der Waals surface area (Å²) in [6, 6.07) is 0. The molecule has 2 rings (SSSR count). The molecule has 0 amide bonds. The summed E-state index contributed by atoms with van der Waals surface area (Å²) in [6.07, 6.45) is 2.51. The van der Waals surface area contributed by atoms with Gasteiger partial charge in [-0.15, -0.1) is 0 Å². The molecule has 0 atom stereocenters. The third kappa shape index (κ3) is 1.41. The Hall–Kier alpha value is -0.990. The average molecular weight is 193 g/mol. The first-order chi connectivity index (χ1) is 6.41. The summed E-state index contributed by atoms with van der Waals surface area (Å²) in [5.74, 6) is 2.59. The Kier molecular flexibility index (Phi) is 1.88. The molecule has 0 bridgehead atoms. The molecule has 0 aromatic carbocycles. The number of anilines is 1. The van der Waals surface area contributed by atoms with Crippen molar-refractivity contribution in [1.29, 1.82) is 0 Å². The summed E-state index contributed by atoms with van der Waals surface area (Å²) in [5, 5.41) is 0. The number of hydrogen-bond donors (Lipinski definition) is 1. The van der Waals surface area contributed by atoms with Crippen LogP contribution in [0, 0.1) is 0 Å². The fourth-order valence-corrected chi connectivity index (χ4v) is 1.86. The van der Waals surface area contributed by atoms with E-state index in [9.17, 15) is 0 Å². The van der Waals surface area contributed by atoms with E-state index < -0.39 is 0 Å². The average Bonchev–Trinajstić information content (AvgIpc) is 2.81. The van der Waals surface area contributed by atoms with Gasteiger partial charge in [0.15, 0.2) is 0 Å². The van der Waals surface area contributed by atoms with Gasteiger partial charge in [-0.05, 0) is 12.8 Å². The number of hydrogen-bond acceptors (Lipinski definition) is 2. The van der Waals surface area contributed by atoms with Crippen LogP contribution >= 0.6 is 0 Å². The lowest BCUT2D eigenvalue weighted by molar-refractivity contribution is 0.523. The van der Waals surface area contributed by atoms with Gasteiger partial charge in [0.1, 0.15) is 11.6 Å². The SMILES string of the molecule is Cn1c(C(C)(C)C)nc(C2CC2)c1N. The Morgan fingerprint density at radius 3 is 2.29 bits per heavy atom. The van der Waals surface area contributed by atoms with Crippen molar-refractivity contribution in [2.75, 3.05) is 5.73 Å². The zero-order valence-corrected chi connectivity index (χ0v) is 9.46. The maximum atomic E-state index is 6.04. The van der Waals surface area contributed by atoms with Gasteiger partial charge in [0, 0.05) is 18.4 Å². The zero-order chi connectivity index (χ0) is 10.5. The second kappa shape index (κ2) is 2.75. The van der Waals surface area contributed by atoms with E-state index >= 15 is 0 Å². The lowest BCUT2D eigenvalue weighted by Crippen LogP contribution is -2.17. The van der Waals surface area contributed by atoms with Gasteiger partial charge >= 0.3 is 0 Å². The molecule has 1 fully saturated rings. The van der Waals surface area contributed by atoms with Gasteiger partial charge < -0.3 is 10.3 Å². The molecule has 0 aliphatic heterocycles. The molecule has 14 heavy (non-hydrogen) atoms. The summed E-state index contributed by atoms with van der Waals surface area (Å²) < 4.78 is 2.04. The third-order valence-electron chi connectivity index (χ3n) is 2.80. The van der Waals surface area contributed by atoms with Gasteiger partial charge in [0.2, 0.25) is 0 Å². The summed E-state index contributed by atoms with van der Waals surface area (Å²) in [7, 11) is 2.01. The van der Waals surface area contributed by atoms with E-state index in [1.165, 1.54) is 12.8 Å². The molecule has 1 heterocycles. The molecule has 0 radical (unpaired) electrons. The highest BCUT2D eigenvalue weighted by Crippen LogP contribution is 2.43. The lowest BCUT2D eigenvalue weighted by atomic mass is 9.96. The summed E-state index contributed by atoms with van der Waals surface area (Å²) in [5.41, 5.74) is 7.24. The van der Waals surface area contributed by atoms with Crippen LogP contribution in [0.25, 0.3) is 0 Å². The van der Waals surface area contributed by atoms with Crippen molar-refractivity contribution in [1.82, 2.24) is 9.55 Å². The number of nitrogens with zero attached hydrogens (tertiary/aromatic N) is 2. The Balaban J connectivity index is 2.47. The largest absolute Gasteiger partial charge is 0.384 e. The molecule has 1 aromatic rings. The van der Waals surface area contributed by atoms with E-state index in [2.05, 4.69) is 25.8 Å². The number of nitrogens with two attached hydrogens (primary N) is 1. The van der Waals surface area contributed by atoms with E-state index in [0.717, 1.165) is 17.3 Å². The van der Waals surface area contributed by atoms with Crippen molar-refractivity contribution < 1.29 is 0 Å². The Bertz CT molecular complexity index is 353.